The SMILES string of the molecule is O=CN[C@@H]1COC(CO)[C@@H](O)C1O. The van der Waals surface area contributed by atoms with Crippen molar-refractivity contribution in [1.29, 1.82) is 0 Å². The lowest BCUT2D eigenvalue weighted by Gasteiger charge is -2.36. The van der Waals surface area contributed by atoms with E-state index >= 15 is 0 Å². The largest absolute Gasteiger partial charge is 0.394 e. The van der Waals surface area contributed by atoms with Gasteiger partial charge >= 0.3 is 0 Å². The van der Waals surface area contributed by atoms with Crippen LogP contribution in [0.4, 0.5) is 0 Å². The molecule has 0 aromatic rings. The lowest BCUT2D eigenvalue weighted by Crippen LogP contribution is -2.58. The highest BCUT2D eigenvalue weighted by molar-refractivity contribution is 5.47. The van der Waals surface area contributed by atoms with Crippen LogP contribution in [0.3, 0.4) is 0 Å². The van der Waals surface area contributed by atoms with Crippen molar-refractivity contribution in [2.24, 2.45) is 0 Å². The summed E-state index contributed by atoms with van der Waals surface area (Å²) in [6.07, 6.45) is -2.62. The first-order chi connectivity index (χ1) is 6.20. The molecule has 0 saturated carbocycles. The number of hydrogen-bond donors (Lipinski definition) is 4. The molecule has 1 fully saturated rings. The summed E-state index contributed by atoms with van der Waals surface area (Å²) in [5.41, 5.74) is 0. The topological polar surface area (TPSA) is 99.0 Å². The van der Waals surface area contributed by atoms with Gasteiger partial charge in [0.05, 0.1) is 19.3 Å². The first-order valence-corrected chi connectivity index (χ1v) is 3.99. The maximum atomic E-state index is 10.1. The van der Waals surface area contributed by atoms with E-state index in [4.69, 9.17) is 9.84 Å². The van der Waals surface area contributed by atoms with Crippen LogP contribution < -0.4 is 5.32 Å². The number of rotatable bonds is 3. The summed E-state index contributed by atoms with van der Waals surface area (Å²) in [6.45, 7) is -0.270. The molecule has 76 valence electrons. The quantitative estimate of drug-likeness (QED) is 0.361. The van der Waals surface area contributed by atoms with Crippen molar-refractivity contribution in [2.45, 2.75) is 24.4 Å². The van der Waals surface area contributed by atoms with E-state index in [0.717, 1.165) is 0 Å². The predicted molar refractivity (Wildman–Crippen MR) is 41.8 cm³/mol. The van der Waals surface area contributed by atoms with Crippen molar-refractivity contribution in [3.05, 3.63) is 0 Å². The van der Waals surface area contributed by atoms with Crippen molar-refractivity contribution < 1.29 is 24.9 Å². The molecule has 1 saturated heterocycles. The molecule has 4 atom stereocenters. The van der Waals surface area contributed by atoms with Crippen LogP contribution in [0.1, 0.15) is 0 Å². The molecular formula is C7H13NO5. The fourth-order valence-electron chi connectivity index (χ4n) is 1.28. The highest BCUT2D eigenvalue weighted by Gasteiger charge is 2.37. The highest BCUT2D eigenvalue weighted by Crippen LogP contribution is 2.14. The van der Waals surface area contributed by atoms with Crippen LogP contribution in [0.5, 0.6) is 0 Å². The Bertz CT molecular complexity index is 176. The molecule has 13 heavy (non-hydrogen) atoms. The molecule has 0 bridgehead atoms. The minimum atomic E-state index is -1.17. The summed E-state index contributed by atoms with van der Waals surface area (Å²) in [4.78, 5) is 10.1. The van der Waals surface area contributed by atoms with Crippen LogP contribution in [0, 0.1) is 0 Å². The van der Waals surface area contributed by atoms with Gasteiger partial charge in [-0.05, 0) is 0 Å². The van der Waals surface area contributed by atoms with E-state index in [1.54, 1.807) is 0 Å². The summed E-state index contributed by atoms with van der Waals surface area (Å²) in [5.74, 6) is 0. The third-order valence-corrected chi connectivity index (χ3v) is 2.10. The van der Waals surface area contributed by atoms with Crippen LogP contribution in [-0.2, 0) is 9.53 Å². The number of nitrogens with one attached hydrogen (secondary N) is 1. The van der Waals surface area contributed by atoms with Crippen LogP contribution in [0.25, 0.3) is 0 Å². The minimum absolute atomic E-state index is 0.0855. The molecule has 6 heteroatoms. The lowest BCUT2D eigenvalue weighted by atomic mass is 9.99. The highest BCUT2D eigenvalue weighted by atomic mass is 16.5. The molecule has 1 amide bonds. The summed E-state index contributed by atoms with van der Waals surface area (Å²) in [7, 11) is 0. The van der Waals surface area contributed by atoms with Crippen molar-refractivity contribution in [2.75, 3.05) is 13.2 Å². The molecule has 1 heterocycles. The Labute approximate surface area is 75.1 Å². The first-order valence-electron chi connectivity index (χ1n) is 3.99. The molecule has 0 spiro atoms. The maximum Gasteiger partial charge on any atom is 0.207 e. The average molecular weight is 191 g/mol. The van der Waals surface area contributed by atoms with Crippen LogP contribution in [0.2, 0.25) is 0 Å². The molecular weight excluding hydrogens is 178 g/mol. The second-order valence-corrected chi connectivity index (χ2v) is 2.93. The fourth-order valence-corrected chi connectivity index (χ4v) is 1.28. The number of aliphatic hydroxyl groups excluding tert-OH is 3. The van der Waals surface area contributed by atoms with Crippen molar-refractivity contribution >= 4 is 6.41 Å². The second kappa shape index (κ2) is 4.52. The Morgan fingerprint density at radius 1 is 1.46 bits per heavy atom. The zero-order chi connectivity index (χ0) is 9.84. The molecule has 6 nitrogen and oxygen atoms in total. The van der Waals surface area contributed by atoms with Crippen LogP contribution in [-0.4, -0.2) is 59.3 Å². The number of aliphatic hydroxyl groups is 3. The van der Waals surface area contributed by atoms with Gasteiger partial charge in [-0.2, -0.15) is 0 Å². The Kier molecular flexibility index (Phi) is 3.61. The maximum absolute atomic E-state index is 10.1. The second-order valence-electron chi connectivity index (χ2n) is 2.93. The van der Waals surface area contributed by atoms with Gasteiger partial charge in [0.25, 0.3) is 0 Å². The van der Waals surface area contributed by atoms with Gasteiger partial charge in [0.2, 0.25) is 6.41 Å². The Morgan fingerprint density at radius 3 is 2.69 bits per heavy atom. The van der Waals surface area contributed by atoms with E-state index in [-0.39, 0.29) is 13.2 Å². The zero-order valence-corrected chi connectivity index (χ0v) is 6.96. The standard InChI is InChI=1S/C7H13NO5/c9-1-5-7(12)6(11)4(2-13-5)8-3-10/h3-7,9,11-12H,1-2H2,(H,8,10)/t4-,5?,6?,7-/m1/s1. The van der Waals surface area contributed by atoms with E-state index in [9.17, 15) is 15.0 Å². The van der Waals surface area contributed by atoms with Crippen LogP contribution in [0.15, 0.2) is 0 Å². The molecule has 0 aromatic heterocycles. The smallest absolute Gasteiger partial charge is 0.207 e. The summed E-state index contributed by atoms with van der Waals surface area (Å²) >= 11 is 0. The number of carbonyl (C=O) groups is 1. The minimum Gasteiger partial charge on any atom is -0.394 e. The van der Waals surface area contributed by atoms with E-state index in [1.807, 2.05) is 0 Å². The fraction of sp³-hybridized carbons (Fsp3) is 0.857. The van der Waals surface area contributed by atoms with Crippen molar-refractivity contribution in [3.63, 3.8) is 0 Å². The number of ether oxygens (including phenoxy) is 1. The van der Waals surface area contributed by atoms with Crippen molar-refractivity contribution in [3.8, 4) is 0 Å². The van der Waals surface area contributed by atoms with Gasteiger partial charge in [0.1, 0.15) is 18.3 Å². The molecule has 0 aromatic carbocycles. The average Bonchev–Trinajstić information content (AvgIpc) is 2.14. The molecule has 4 N–H and O–H groups in total. The van der Waals surface area contributed by atoms with Crippen LogP contribution >= 0.6 is 0 Å². The molecule has 1 rings (SSSR count). The van der Waals surface area contributed by atoms with Gasteiger partial charge in [-0.1, -0.05) is 0 Å². The lowest BCUT2D eigenvalue weighted by molar-refractivity contribution is -0.162. The number of carbonyl (C=O) groups excluding carboxylic acids is 1. The Morgan fingerprint density at radius 2 is 2.15 bits per heavy atom. The first kappa shape index (κ1) is 10.4. The zero-order valence-electron chi connectivity index (χ0n) is 6.96. The van der Waals surface area contributed by atoms with E-state index in [2.05, 4.69) is 5.32 Å². The normalized spacial score (nSPS) is 39.9. The van der Waals surface area contributed by atoms with Gasteiger partial charge in [0.15, 0.2) is 0 Å². The molecule has 0 aliphatic carbocycles. The van der Waals surface area contributed by atoms with Gasteiger partial charge < -0.3 is 25.4 Å². The number of hydrogen-bond acceptors (Lipinski definition) is 5. The molecule has 1 aliphatic heterocycles. The Balaban J connectivity index is 2.53. The third kappa shape index (κ3) is 2.16. The summed E-state index contributed by atoms with van der Waals surface area (Å²) in [6, 6.07) is -0.615. The van der Waals surface area contributed by atoms with Gasteiger partial charge in [-0.3, -0.25) is 4.79 Å². The van der Waals surface area contributed by atoms with Crippen molar-refractivity contribution in [1.82, 2.24) is 5.32 Å². The molecule has 2 unspecified atom stereocenters. The van der Waals surface area contributed by atoms with Gasteiger partial charge in [0, 0.05) is 0 Å². The number of amides is 1. The van der Waals surface area contributed by atoms with E-state index in [0.29, 0.717) is 6.41 Å². The van der Waals surface area contributed by atoms with E-state index < -0.39 is 24.4 Å². The van der Waals surface area contributed by atoms with E-state index in [1.165, 1.54) is 0 Å². The Hall–Kier alpha value is -0.690. The summed E-state index contributed by atoms with van der Waals surface area (Å²) in [5, 5.41) is 29.8. The monoisotopic (exact) mass is 191 g/mol. The third-order valence-electron chi connectivity index (χ3n) is 2.10. The predicted octanol–water partition coefficient (Wildman–Crippen LogP) is -2.79. The summed E-state index contributed by atoms with van der Waals surface area (Å²) < 4.78 is 4.99. The van der Waals surface area contributed by atoms with Gasteiger partial charge in [-0.15, -0.1) is 0 Å². The molecule has 1 aliphatic rings. The van der Waals surface area contributed by atoms with Gasteiger partial charge in [-0.25, -0.2) is 0 Å². The molecule has 0 radical (unpaired) electrons.